The SMILES string of the molecule is CCn1nc(C)cc(-c2csc(N)n2)c1=O. The van der Waals surface area contributed by atoms with Crippen LogP contribution in [0.2, 0.25) is 0 Å². The molecule has 0 bridgehead atoms. The van der Waals surface area contributed by atoms with E-state index in [0.717, 1.165) is 5.69 Å². The molecular formula is C10H12N4OS. The molecule has 0 unspecified atom stereocenters. The summed E-state index contributed by atoms with van der Waals surface area (Å²) in [4.78, 5) is 16.1. The van der Waals surface area contributed by atoms with Gasteiger partial charge in [-0.3, -0.25) is 4.79 Å². The van der Waals surface area contributed by atoms with Crippen molar-refractivity contribution in [3.8, 4) is 11.3 Å². The molecule has 6 heteroatoms. The van der Waals surface area contributed by atoms with Crippen molar-refractivity contribution < 1.29 is 0 Å². The van der Waals surface area contributed by atoms with Crippen molar-refractivity contribution in [3.63, 3.8) is 0 Å². The van der Waals surface area contributed by atoms with Crippen molar-refractivity contribution in [2.45, 2.75) is 20.4 Å². The molecule has 5 nitrogen and oxygen atoms in total. The van der Waals surface area contributed by atoms with Crippen LogP contribution in [0.3, 0.4) is 0 Å². The summed E-state index contributed by atoms with van der Waals surface area (Å²) in [6.07, 6.45) is 0. The lowest BCUT2D eigenvalue weighted by molar-refractivity contribution is 0.607. The number of aromatic nitrogens is 3. The van der Waals surface area contributed by atoms with E-state index < -0.39 is 0 Å². The van der Waals surface area contributed by atoms with Gasteiger partial charge < -0.3 is 5.73 Å². The molecule has 0 spiro atoms. The normalized spacial score (nSPS) is 10.6. The summed E-state index contributed by atoms with van der Waals surface area (Å²) in [7, 11) is 0. The lowest BCUT2D eigenvalue weighted by Crippen LogP contribution is -2.24. The third-order valence-corrected chi connectivity index (χ3v) is 2.87. The first-order valence-electron chi connectivity index (χ1n) is 4.92. The van der Waals surface area contributed by atoms with E-state index in [2.05, 4.69) is 10.1 Å². The molecule has 0 aliphatic rings. The molecule has 0 atom stereocenters. The van der Waals surface area contributed by atoms with Crippen LogP contribution in [-0.4, -0.2) is 14.8 Å². The van der Waals surface area contributed by atoms with Crippen molar-refractivity contribution in [1.29, 1.82) is 0 Å². The van der Waals surface area contributed by atoms with Gasteiger partial charge in [-0.25, -0.2) is 9.67 Å². The number of nitrogens with two attached hydrogens (primary N) is 1. The van der Waals surface area contributed by atoms with Crippen molar-refractivity contribution in [2.24, 2.45) is 0 Å². The minimum atomic E-state index is -0.126. The van der Waals surface area contributed by atoms with Gasteiger partial charge >= 0.3 is 0 Å². The predicted molar refractivity (Wildman–Crippen MR) is 64.4 cm³/mol. The Morgan fingerprint density at radius 2 is 2.31 bits per heavy atom. The Morgan fingerprint density at radius 1 is 1.56 bits per heavy atom. The largest absolute Gasteiger partial charge is 0.375 e. The molecule has 0 radical (unpaired) electrons. The molecule has 2 aromatic rings. The van der Waals surface area contributed by atoms with Gasteiger partial charge in [0, 0.05) is 11.9 Å². The summed E-state index contributed by atoms with van der Waals surface area (Å²) in [5, 5.41) is 6.38. The molecule has 2 aromatic heterocycles. The van der Waals surface area contributed by atoms with Gasteiger partial charge in [0.1, 0.15) is 0 Å². The standard InChI is InChI=1S/C10H12N4OS/c1-3-14-9(15)7(4-6(2)13-14)8-5-16-10(11)12-8/h4-5H,3H2,1-2H3,(H2,11,12). The number of rotatable bonds is 2. The Bertz CT molecular complexity index is 572. The van der Waals surface area contributed by atoms with Crippen LogP contribution in [0.25, 0.3) is 11.3 Å². The Labute approximate surface area is 96.6 Å². The van der Waals surface area contributed by atoms with E-state index in [1.807, 2.05) is 13.8 Å². The van der Waals surface area contributed by atoms with Gasteiger partial charge in [0.25, 0.3) is 5.56 Å². The van der Waals surface area contributed by atoms with Gasteiger partial charge in [0.05, 0.1) is 17.0 Å². The van der Waals surface area contributed by atoms with Crippen LogP contribution in [0, 0.1) is 6.92 Å². The number of hydrogen-bond acceptors (Lipinski definition) is 5. The average molecular weight is 236 g/mol. The summed E-state index contributed by atoms with van der Waals surface area (Å²) in [6.45, 7) is 4.28. The van der Waals surface area contributed by atoms with Gasteiger partial charge in [0.2, 0.25) is 0 Å². The lowest BCUT2D eigenvalue weighted by atomic mass is 10.2. The molecule has 0 saturated carbocycles. The summed E-state index contributed by atoms with van der Waals surface area (Å²) in [5.74, 6) is 0. The molecule has 16 heavy (non-hydrogen) atoms. The lowest BCUT2D eigenvalue weighted by Gasteiger charge is -2.04. The molecule has 0 aromatic carbocycles. The van der Waals surface area contributed by atoms with Gasteiger partial charge in [-0.05, 0) is 19.9 Å². The second kappa shape index (κ2) is 4.05. The maximum atomic E-state index is 12.0. The molecule has 0 saturated heterocycles. The highest BCUT2D eigenvalue weighted by Gasteiger charge is 2.10. The highest BCUT2D eigenvalue weighted by Crippen LogP contribution is 2.20. The van der Waals surface area contributed by atoms with E-state index in [9.17, 15) is 4.79 Å². The van der Waals surface area contributed by atoms with E-state index in [4.69, 9.17) is 5.73 Å². The van der Waals surface area contributed by atoms with E-state index in [-0.39, 0.29) is 5.56 Å². The first-order valence-corrected chi connectivity index (χ1v) is 5.80. The van der Waals surface area contributed by atoms with Crippen LogP contribution in [-0.2, 0) is 6.54 Å². The quantitative estimate of drug-likeness (QED) is 0.852. The number of hydrogen-bond donors (Lipinski definition) is 1. The second-order valence-electron chi connectivity index (χ2n) is 3.39. The number of nitrogens with zero attached hydrogens (tertiary/aromatic N) is 3. The van der Waals surface area contributed by atoms with Crippen molar-refractivity contribution in [2.75, 3.05) is 5.73 Å². The van der Waals surface area contributed by atoms with Crippen LogP contribution in [0.1, 0.15) is 12.6 Å². The van der Waals surface area contributed by atoms with Crippen LogP contribution in [0.4, 0.5) is 5.13 Å². The summed E-state index contributed by atoms with van der Waals surface area (Å²) < 4.78 is 1.43. The van der Waals surface area contributed by atoms with Crippen LogP contribution in [0.5, 0.6) is 0 Å². The molecule has 2 rings (SSSR count). The zero-order valence-electron chi connectivity index (χ0n) is 9.10. The van der Waals surface area contributed by atoms with Crippen molar-refractivity contribution >= 4 is 16.5 Å². The fourth-order valence-corrected chi connectivity index (χ4v) is 2.05. The molecule has 2 N–H and O–H groups in total. The molecule has 0 aliphatic carbocycles. The third kappa shape index (κ3) is 1.83. The van der Waals surface area contributed by atoms with Gasteiger partial charge in [-0.2, -0.15) is 5.10 Å². The van der Waals surface area contributed by atoms with Crippen LogP contribution >= 0.6 is 11.3 Å². The first-order chi connectivity index (χ1) is 7.61. The summed E-state index contributed by atoms with van der Waals surface area (Å²) in [5.41, 5.74) is 7.41. The Kier molecular flexibility index (Phi) is 2.74. The fourth-order valence-electron chi connectivity index (χ4n) is 1.48. The second-order valence-corrected chi connectivity index (χ2v) is 4.28. The minimum absolute atomic E-state index is 0.126. The molecule has 0 amide bonds. The summed E-state index contributed by atoms with van der Waals surface area (Å²) in [6, 6.07) is 1.74. The minimum Gasteiger partial charge on any atom is -0.375 e. The zero-order chi connectivity index (χ0) is 11.7. The number of anilines is 1. The van der Waals surface area contributed by atoms with E-state index in [0.29, 0.717) is 22.9 Å². The highest BCUT2D eigenvalue weighted by molar-refractivity contribution is 7.13. The Morgan fingerprint density at radius 3 is 2.88 bits per heavy atom. The number of aryl methyl sites for hydroxylation is 2. The monoisotopic (exact) mass is 236 g/mol. The topological polar surface area (TPSA) is 73.8 Å². The molecular weight excluding hydrogens is 224 g/mol. The van der Waals surface area contributed by atoms with Gasteiger partial charge in [0.15, 0.2) is 5.13 Å². The Balaban J connectivity index is 2.65. The van der Waals surface area contributed by atoms with Crippen LogP contribution < -0.4 is 11.3 Å². The average Bonchev–Trinajstić information content (AvgIpc) is 2.67. The van der Waals surface area contributed by atoms with Gasteiger partial charge in [-0.15, -0.1) is 11.3 Å². The van der Waals surface area contributed by atoms with E-state index >= 15 is 0 Å². The molecule has 0 aliphatic heterocycles. The smallest absolute Gasteiger partial charge is 0.276 e. The highest BCUT2D eigenvalue weighted by atomic mass is 32.1. The fraction of sp³-hybridized carbons (Fsp3) is 0.300. The van der Waals surface area contributed by atoms with Gasteiger partial charge in [-0.1, -0.05) is 0 Å². The third-order valence-electron chi connectivity index (χ3n) is 2.19. The van der Waals surface area contributed by atoms with Crippen LogP contribution in [0.15, 0.2) is 16.2 Å². The maximum Gasteiger partial charge on any atom is 0.276 e. The first kappa shape index (κ1) is 10.8. The number of thiazole rings is 1. The molecule has 2 heterocycles. The van der Waals surface area contributed by atoms with E-state index in [1.54, 1.807) is 11.4 Å². The van der Waals surface area contributed by atoms with E-state index in [1.165, 1.54) is 16.0 Å². The number of nitrogen functional groups attached to an aromatic ring is 1. The molecule has 0 fully saturated rings. The maximum absolute atomic E-state index is 12.0. The van der Waals surface area contributed by atoms with Crippen molar-refractivity contribution in [1.82, 2.24) is 14.8 Å². The molecule has 84 valence electrons. The predicted octanol–water partition coefficient (Wildman–Crippen LogP) is 1.28. The van der Waals surface area contributed by atoms with Crippen molar-refractivity contribution in [3.05, 3.63) is 27.5 Å². The summed E-state index contributed by atoms with van der Waals surface area (Å²) >= 11 is 1.33. The Hall–Kier alpha value is -1.69. The zero-order valence-corrected chi connectivity index (χ0v) is 9.91.